The number of hydrogen-bond acceptors (Lipinski definition) is 5. The average Bonchev–Trinajstić information content (AvgIpc) is 2.67. The van der Waals surface area contributed by atoms with Crippen molar-refractivity contribution in [3.8, 4) is 0 Å². The SMILES string of the molecule is CC(C)(C)OC(=O)c1cnc(NC23CC4CC(CC(C4)C2)C3)c(NC2CCCCC2)c1. The van der Waals surface area contributed by atoms with Crippen LogP contribution < -0.4 is 10.6 Å². The molecule has 0 amide bonds. The third-order valence-electron chi connectivity index (χ3n) is 7.91. The van der Waals surface area contributed by atoms with Gasteiger partial charge in [-0.2, -0.15) is 0 Å². The molecule has 4 bridgehead atoms. The number of carbonyl (C=O) groups is 1. The van der Waals surface area contributed by atoms with Crippen LogP contribution in [0.2, 0.25) is 0 Å². The van der Waals surface area contributed by atoms with E-state index in [4.69, 9.17) is 9.72 Å². The predicted octanol–water partition coefficient (Wildman–Crippen LogP) is 6.16. The Kier molecular flexibility index (Phi) is 5.42. The highest BCUT2D eigenvalue weighted by Gasteiger charge is 2.51. The number of esters is 1. The van der Waals surface area contributed by atoms with Crippen LogP contribution in [0.1, 0.15) is 102 Å². The normalized spacial score (nSPS) is 32.7. The van der Waals surface area contributed by atoms with E-state index in [1.54, 1.807) is 6.20 Å². The van der Waals surface area contributed by atoms with Crippen LogP contribution in [0.25, 0.3) is 0 Å². The lowest BCUT2D eigenvalue weighted by molar-refractivity contribution is 0.00691. The molecule has 6 rings (SSSR count). The molecule has 0 unspecified atom stereocenters. The van der Waals surface area contributed by atoms with E-state index in [2.05, 4.69) is 10.6 Å². The second-order valence-electron chi connectivity index (χ2n) is 11.9. The zero-order valence-corrected chi connectivity index (χ0v) is 19.5. The number of hydrogen-bond donors (Lipinski definition) is 2. The number of pyridine rings is 1. The summed E-state index contributed by atoms with van der Waals surface area (Å²) in [5, 5.41) is 7.69. The van der Waals surface area contributed by atoms with Crippen molar-refractivity contribution in [2.24, 2.45) is 17.8 Å². The van der Waals surface area contributed by atoms with E-state index in [0.717, 1.165) is 29.3 Å². The first-order valence-corrected chi connectivity index (χ1v) is 12.6. The zero-order chi connectivity index (χ0) is 21.6. The van der Waals surface area contributed by atoms with E-state index >= 15 is 0 Å². The van der Waals surface area contributed by atoms with Gasteiger partial charge in [-0.1, -0.05) is 19.3 Å². The molecule has 0 spiro atoms. The number of ether oxygens (including phenoxy) is 1. The fourth-order valence-corrected chi connectivity index (χ4v) is 7.10. The highest BCUT2D eigenvalue weighted by molar-refractivity contribution is 5.91. The molecular weight excluding hydrogens is 386 g/mol. The number of rotatable bonds is 5. The Morgan fingerprint density at radius 1 is 1.03 bits per heavy atom. The maximum atomic E-state index is 12.7. The Hall–Kier alpha value is -1.78. The van der Waals surface area contributed by atoms with Crippen LogP contribution in [-0.4, -0.2) is 28.1 Å². The van der Waals surface area contributed by atoms with Gasteiger partial charge in [0.05, 0.1) is 11.3 Å². The van der Waals surface area contributed by atoms with Crippen molar-refractivity contribution in [2.45, 2.75) is 109 Å². The van der Waals surface area contributed by atoms with Gasteiger partial charge < -0.3 is 15.4 Å². The number of aromatic nitrogens is 1. The van der Waals surface area contributed by atoms with Crippen molar-refractivity contribution in [2.75, 3.05) is 10.6 Å². The summed E-state index contributed by atoms with van der Waals surface area (Å²) in [6.07, 6.45) is 16.1. The molecule has 0 aliphatic heterocycles. The summed E-state index contributed by atoms with van der Waals surface area (Å²) in [5.41, 5.74) is 1.19. The minimum Gasteiger partial charge on any atom is -0.456 e. The predicted molar refractivity (Wildman–Crippen MR) is 124 cm³/mol. The molecule has 2 N–H and O–H groups in total. The second-order valence-corrected chi connectivity index (χ2v) is 11.9. The molecule has 1 aromatic rings. The quantitative estimate of drug-likeness (QED) is 0.553. The molecule has 1 heterocycles. The molecule has 5 heteroatoms. The van der Waals surface area contributed by atoms with E-state index in [9.17, 15) is 4.79 Å². The summed E-state index contributed by atoms with van der Waals surface area (Å²) >= 11 is 0. The van der Waals surface area contributed by atoms with Crippen LogP contribution in [0.4, 0.5) is 11.5 Å². The Labute approximate surface area is 187 Å². The molecule has 5 aliphatic carbocycles. The van der Waals surface area contributed by atoms with Gasteiger partial charge in [0.25, 0.3) is 0 Å². The third kappa shape index (κ3) is 4.70. The Bertz CT molecular complexity index is 787. The molecule has 5 fully saturated rings. The van der Waals surface area contributed by atoms with Crippen molar-refractivity contribution in [3.05, 3.63) is 17.8 Å². The summed E-state index contributed by atoms with van der Waals surface area (Å²) in [6.45, 7) is 5.72. The third-order valence-corrected chi connectivity index (χ3v) is 7.91. The van der Waals surface area contributed by atoms with Gasteiger partial charge >= 0.3 is 5.97 Å². The van der Waals surface area contributed by atoms with Gasteiger partial charge in [0.1, 0.15) is 11.4 Å². The van der Waals surface area contributed by atoms with Crippen molar-refractivity contribution in [1.82, 2.24) is 4.98 Å². The first kappa shape index (κ1) is 21.1. The Balaban J connectivity index is 1.40. The van der Waals surface area contributed by atoms with Crippen LogP contribution in [0.3, 0.4) is 0 Å². The van der Waals surface area contributed by atoms with Crippen LogP contribution in [0.15, 0.2) is 12.3 Å². The lowest BCUT2D eigenvalue weighted by atomic mass is 9.53. The van der Waals surface area contributed by atoms with Gasteiger partial charge in [-0.3, -0.25) is 0 Å². The lowest BCUT2D eigenvalue weighted by Crippen LogP contribution is -2.55. The number of nitrogens with one attached hydrogen (secondary N) is 2. The molecule has 5 saturated carbocycles. The van der Waals surface area contributed by atoms with Gasteiger partial charge in [-0.05, 0) is 96.0 Å². The smallest absolute Gasteiger partial charge is 0.340 e. The molecule has 0 saturated heterocycles. The monoisotopic (exact) mass is 425 g/mol. The zero-order valence-electron chi connectivity index (χ0n) is 19.5. The van der Waals surface area contributed by atoms with Crippen LogP contribution in [-0.2, 0) is 4.74 Å². The maximum absolute atomic E-state index is 12.7. The number of nitrogens with zero attached hydrogens (tertiary/aromatic N) is 1. The lowest BCUT2D eigenvalue weighted by Gasteiger charge is -2.57. The van der Waals surface area contributed by atoms with Gasteiger partial charge in [-0.15, -0.1) is 0 Å². The van der Waals surface area contributed by atoms with Crippen LogP contribution >= 0.6 is 0 Å². The fraction of sp³-hybridized carbons (Fsp3) is 0.769. The molecule has 31 heavy (non-hydrogen) atoms. The minimum atomic E-state index is -0.510. The molecule has 0 aromatic carbocycles. The van der Waals surface area contributed by atoms with E-state index in [0.29, 0.717) is 11.6 Å². The highest BCUT2D eigenvalue weighted by Crippen LogP contribution is 2.56. The molecule has 5 nitrogen and oxygen atoms in total. The van der Waals surface area contributed by atoms with Crippen molar-refractivity contribution >= 4 is 17.5 Å². The Morgan fingerprint density at radius 2 is 1.65 bits per heavy atom. The molecule has 170 valence electrons. The first-order valence-electron chi connectivity index (χ1n) is 12.6. The average molecular weight is 426 g/mol. The first-order chi connectivity index (χ1) is 14.8. The van der Waals surface area contributed by atoms with Gasteiger partial charge in [0.2, 0.25) is 0 Å². The second kappa shape index (κ2) is 7.97. The molecular formula is C26H39N3O2. The summed E-state index contributed by atoms with van der Waals surface area (Å²) < 4.78 is 5.62. The summed E-state index contributed by atoms with van der Waals surface area (Å²) in [7, 11) is 0. The summed E-state index contributed by atoms with van der Waals surface area (Å²) in [4.78, 5) is 17.5. The molecule has 0 atom stereocenters. The van der Waals surface area contributed by atoms with E-state index in [1.165, 1.54) is 70.6 Å². The minimum absolute atomic E-state index is 0.193. The van der Waals surface area contributed by atoms with Crippen LogP contribution in [0, 0.1) is 17.8 Å². The van der Waals surface area contributed by atoms with E-state index in [-0.39, 0.29) is 11.5 Å². The van der Waals surface area contributed by atoms with E-state index < -0.39 is 5.60 Å². The molecule has 1 aromatic heterocycles. The fourth-order valence-electron chi connectivity index (χ4n) is 7.10. The van der Waals surface area contributed by atoms with E-state index in [1.807, 2.05) is 26.8 Å². The Morgan fingerprint density at radius 3 is 2.23 bits per heavy atom. The number of anilines is 2. The largest absolute Gasteiger partial charge is 0.456 e. The summed E-state index contributed by atoms with van der Waals surface area (Å²) in [6, 6.07) is 2.43. The maximum Gasteiger partial charge on any atom is 0.340 e. The highest BCUT2D eigenvalue weighted by atomic mass is 16.6. The van der Waals surface area contributed by atoms with Gasteiger partial charge in [0, 0.05) is 17.8 Å². The standard InChI is InChI=1S/C26H39N3O2/c1-25(2,3)31-24(30)20-12-22(28-21-7-5-4-6-8-21)23(27-16-20)29-26-13-17-9-18(14-26)11-19(10-17)15-26/h12,16-19,21,28H,4-11,13-15H2,1-3H3,(H,27,29). The molecule has 0 radical (unpaired) electrons. The van der Waals surface area contributed by atoms with Crippen LogP contribution in [0.5, 0.6) is 0 Å². The van der Waals surface area contributed by atoms with Gasteiger partial charge in [-0.25, -0.2) is 9.78 Å². The van der Waals surface area contributed by atoms with Crippen molar-refractivity contribution in [3.63, 3.8) is 0 Å². The molecule has 5 aliphatic rings. The van der Waals surface area contributed by atoms with Gasteiger partial charge in [0.15, 0.2) is 0 Å². The summed E-state index contributed by atoms with van der Waals surface area (Å²) in [5.74, 6) is 3.28. The van der Waals surface area contributed by atoms with Crippen molar-refractivity contribution in [1.29, 1.82) is 0 Å². The topological polar surface area (TPSA) is 63.2 Å². The number of carbonyl (C=O) groups excluding carboxylic acids is 1. The van der Waals surface area contributed by atoms with Crippen molar-refractivity contribution < 1.29 is 9.53 Å².